The van der Waals surface area contributed by atoms with Crippen LogP contribution in [0.4, 0.5) is 0 Å². The number of carbonyl (C=O) groups is 1. The van der Waals surface area contributed by atoms with Crippen LogP contribution in [0.1, 0.15) is 69.3 Å². The van der Waals surface area contributed by atoms with Crippen molar-refractivity contribution < 1.29 is 4.79 Å². The standard InChI is InChI=1S/C23H27N3O2/c27-22(16-8-1-2-9-16)25-15-7-14-20(25)21-24-19-13-6-5-12-18(19)23(28)26(21)17-10-3-4-11-17/h1-2,5-6,12-13,16-17,20H,3-4,7-11,14-15H2. The Hall–Kier alpha value is -2.43. The first kappa shape index (κ1) is 17.7. The molecule has 1 atom stereocenters. The number of rotatable bonds is 3. The normalized spacial score (nSPS) is 23.3. The van der Waals surface area contributed by atoms with E-state index in [4.69, 9.17) is 4.98 Å². The van der Waals surface area contributed by atoms with Gasteiger partial charge >= 0.3 is 0 Å². The molecule has 0 spiro atoms. The number of para-hydroxylation sites is 1. The molecule has 0 N–H and O–H groups in total. The zero-order valence-electron chi connectivity index (χ0n) is 16.2. The lowest BCUT2D eigenvalue weighted by atomic mass is 10.0. The molecule has 1 unspecified atom stereocenters. The lowest BCUT2D eigenvalue weighted by molar-refractivity contribution is -0.136. The topological polar surface area (TPSA) is 55.2 Å². The summed E-state index contributed by atoms with van der Waals surface area (Å²) < 4.78 is 1.96. The number of hydrogen-bond donors (Lipinski definition) is 0. The summed E-state index contributed by atoms with van der Waals surface area (Å²) in [5, 5.41) is 0.689. The van der Waals surface area contributed by atoms with Crippen LogP contribution in [0.3, 0.4) is 0 Å². The van der Waals surface area contributed by atoms with E-state index >= 15 is 0 Å². The van der Waals surface area contributed by atoms with Gasteiger partial charge in [0.2, 0.25) is 5.91 Å². The van der Waals surface area contributed by atoms with E-state index < -0.39 is 0 Å². The molecule has 0 radical (unpaired) electrons. The predicted octanol–water partition coefficient (Wildman–Crippen LogP) is 4.14. The summed E-state index contributed by atoms with van der Waals surface area (Å²) in [7, 11) is 0. The average molecular weight is 377 g/mol. The maximum atomic E-state index is 13.4. The Morgan fingerprint density at radius 2 is 1.75 bits per heavy atom. The van der Waals surface area contributed by atoms with E-state index in [9.17, 15) is 9.59 Å². The minimum atomic E-state index is -0.0778. The van der Waals surface area contributed by atoms with Crippen LogP contribution in [0.15, 0.2) is 41.2 Å². The summed E-state index contributed by atoms with van der Waals surface area (Å²) in [4.78, 5) is 33.6. The van der Waals surface area contributed by atoms with E-state index in [-0.39, 0.29) is 29.5 Å². The molecule has 28 heavy (non-hydrogen) atoms. The molecule has 2 heterocycles. The van der Waals surface area contributed by atoms with E-state index in [2.05, 4.69) is 12.2 Å². The van der Waals surface area contributed by atoms with Crippen molar-refractivity contribution in [1.82, 2.24) is 14.5 Å². The van der Waals surface area contributed by atoms with Gasteiger partial charge in [-0.15, -0.1) is 0 Å². The number of amides is 1. The van der Waals surface area contributed by atoms with Gasteiger partial charge in [0.05, 0.1) is 16.9 Å². The van der Waals surface area contributed by atoms with Gasteiger partial charge < -0.3 is 4.90 Å². The fraction of sp³-hybridized carbons (Fsp3) is 0.522. The van der Waals surface area contributed by atoms with E-state index in [0.717, 1.165) is 69.3 Å². The van der Waals surface area contributed by atoms with E-state index in [1.165, 1.54) is 0 Å². The predicted molar refractivity (Wildman–Crippen MR) is 109 cm³/mol. The lowest BCUT2D eigenvalue weighted by Gasteiger charge is -2.30. The van der Waals surface area contributed by atoms with Crippen LogP contribution in [-0.4, -0.2) is 26.9 Å². The SMILES string of the molecule is O=C(C1CC=CC1)N1CCCC1c1nc2ccccc2c(=O)n1C1CCCC1. The van der Waals surface area contributed by atoms with Crippen LogP contribution in [0.2, 0.25) is 0 Å². The highest BCUT2D eigenvalue weighted by atomic mass is 16.2. The fourth-order valence-electron chi connectivity index (χ4n) is 5.27. The first-order valence-electron chi connectivity index (χ1n) is 10.7. The summed E-state index contributed by atoms with van der Waals surface area (Å²) in [5.74, 6) is 1.10. The summed E-state index contributed by atoms with van der Waals surface area (Å²) in [5.41, 5.74) is 0.813. The zero-order chi connectivity index (χ0) is 19.1. The van der Waals surface area contributed by atoms with Crippen molar-refractivity contribution in [3.8, 4) is 0 Å². The first-order valence-corrected chi connectivity index (χ1v) is 10.7. The molecule has 1 aromatic heterocycles. The van der Waals surface area contributed by atoms with Gasteiger partial charge in [-0.2, -0.15) is 0 Å². The summed E-state index contributed by atoms with van der Waals surface area (Å²) >= 11 is 0. The van der Waals surface area contributed by atoms with Crippen LogP contribution in [0.5, 0.6) is 0 Å². The molecule has 1 aliphatic heterocycles. The smallest absolute Gasteiger partial charge is 0.261 e. The second-order valence-corrected chi connectivity index (χ2v) is 8.43. The van der Waals surface area contributed by atoms with Gasteiger partial charge in [0.25, 0.3) is 5.56 Å². The van der Waals surface area contributed by atoms with Crippen molar-refractivity contribution in [2.45, 2.75) is 63.5 Å². The zero-order valence-corrected chi connectivity index (χ0v) is 16.2. The summed E-state index contributed by atoms with van der Waals surface area (Å²) in [6.07, 6.45) is 12.1. The van der Waals surface area contributed by atoms with E-state index in [1.807, 2.05) is 33.7 Å². The molecule has 2 aliphatic carbocycles. The fourth-order valence-corrected chi connectivity index (χ4v) is 5.27. The van der Waals surface area contributed by atoms with Gasteiger partial charge in [0, 0.05) is 18.5 Å². The van der Waals surface area contributed by atoms with Crippen LogP contribution in [0.25, 0.3) is 10.9 Å². The molecule has 5 heteroatoms. The number of hydrogen-bond acceptors (Lipinski definition) is 3. The number of benzene rings is 1. The minimum Gasteiger partial charge on any atom is -0.332 e. The number of allylic oxidation sites excluding steroid dienone is 2. The van der Waals surface area contributed by atoms with E-state index in [0.29, 0.717) is 5.39 Å². The molecule has 5 rings (SSSR count). The molecule has 1 amide bonds. The summed E-state index contributed by atoms with van der Waals surface area (Å²) in [6, 6.07) is 7.77. The van der Waals surface area contributed by atoms with Crippen LogP contribution in [0, 0.1) is 5.92 Å². The van der Waals surface area contributed by atoms with Crippen molar-refractivity contribution in [3.05, 3.63) is 52.6 Å². The molecule has 1 saturated heterocycles. The molecule has 5 nitrogen and oxygen atoms in total. The molecule has 1 aromatic carbocycles. The largest absolute Gasteiger partial charge is 0.332 e. The Labute approximate surface area is 165 Å². The monoisotopic (exact) mass is 377 g/mol. The van der Waals surface area contributed by atoms with Gasteiger partial charge in [0.1, 0.15) is 5.82 Å². The Morgan fingerprint density at radius 3 is 2.54 bits per heavy atom. The van der Waals surface area contributed by atoms with Gasteiger partial charge in [-0.1, -0.05) is 37.1 Å². The highest BCUT2D eigenvalue weighted by Crippen LogP contribution is 2.37. The van der Waals surface area contributed by atoms with Crippen molar-refractivity contribution in [1.29, 1.82) is 0 Å². The van der Waals surface area contributed by atoms with E-state index in [1.54, 1.807) is 0 Å². The third-order valence-corrected chi connectivity index (χ3v) is 6.72. The number of aromatic nitrogens is 2. The molecular weight excluding hydrogens is 350 g/mol. The van der Waals surface area contributed by atoms with Crippen molar-refractivity contribution in [3.63, 3.8) is 0 Å². The second-order valence-electron chi connectivity index (χ2n) is 8.43. The number of likely N-dealkylation sites (tertiary alicyclic amines) is 1. The molecule has 2 aromatic rings. The van der Waals surface area contributed by atoms with Crippen LogP contribution < -0.4 is 5.56 Å². The Bertz CT molecular complexity index is 979. The third-order valence-electron chi connectivity index (χ3n) is 6.72. The van der Waals surface area contributed by atoms with Gasteiger partial charge in [-0.25, -0.2) is 4.98 Å². The van der Waals surface area contributed by atoms with Gasteiger partial charge in [-0.3, -0.25) is 14.2 Å². The molecule has 3 aliphatic rings. The average Bonchev–Trinajstić information content (AvgIpc) is 3.49. The van der Waals surface area contributed by atoms with Crippen LogP contribution >= 0.6 is 0 Å². The first-order chi connectivity index (χ1) is 13.7. The summed E-state index contributed by atoms with van der Waals surface area (Å²) in [6.45, 7) is 0.771. The highest BCUT2D eigenvalue weighted by molar-refractivity contribution is 5.81. The number of carbonyl (C=O) groups excluding carboxylic acids is 1. The Balaban J connectivity index is 1.61. The number of fused-ring (bicyclic) bond motifs is 1. The molecular formula is C23H27N3O2. The van der Waals surface area contributed by atoms with Crippen molar-refractivity contribution >= 4 is 16.8 Å². The molecule has 0 bridgehead atoms. The van der Waals surface area contributed by atoms with Crippen molar-refractivity contribution in [2.24, 2.45) is 5.92 Å². The number of nitrogens with zero attached hydrogens (tertiary/aromatic N) is 3. The quantitative estimate of drug-likeness (QED) is 0.756. The van der Waals surface area contributed by atoms with Crippen molar-refractivity contribution in [2.75, 3.05) is 6.54 Å². The van der Waals surface area contributed by atoms with Gasteiger partial charge in [0.15, 0.2) is 0 Å². The highest BCUT2D eigenvalue weighted by Gasteiger charge is 2.37. The Morgan fingerprint density at radius 1 is 1.00 bits per heavy atom. The van der Waals surface area contributed by atoms with Crippen LogP contribution in [-0.2, 0) is 4.79 Å². The molecule has 146 valence electrons. The second kappa shape index (κ2) is 7.19. The maximum absolute atomic E-state index is 13.4. The lowest BCUT2D eigenvalue weighted by Crippen LogP contribution is -2.39. The Kier molecular flexibility index (Phi) is 4.53. The molecule has 2 fully saturated rings. The molecule has 1 saturated carbocycles. The third kappa shape index (κ3) is 2.88. The van der Waals surface area contributed by atoms with Gasteiger partial charge in [-0.05, 0) is 50.7 Å². The maximum Gasteiger partial charge on any atom is 0.261 e. The minimum absolute atomic E-state index is 0.0627.